The maximum absolute atomic E-state index is 9.88. The summed E-state index contributed by atoms with van der Waals surface area (Å²) in [4.78, 5) is 0. The summed E-state index contributed by atoms with van der Waals surface area (Å²) in [6.45, 7) is 0. The first-order valence-electron chi connectivity index (χ1n) is 8.21. The van der Waals surface area contributed by atoms with E-state index in [9.17, 15) is 10.2 Å². The average Bonchev–Trinajstić information content (AvgIpc) is 2.63. The molecular weight excluding hydrogens is 316 g/mol. The van der Waals surface area contributed by atoms with Crippen molar-refractivity contribution in [2.45, 2.75) is 19.3 Å². The van der Waals surface area contributed by atoms with Gasteiger partial charge in [-0.2, -0.15) is 0 Å². The Morgan fingerprint density at radius 2 is 1.60 bits per heavy atom. The van der Waals surface area contributed by atoms with Crippen molar-refractivity contribution in [1.82, 2.24) is 0 Å². The lowest BCUT2D eigenvalue weighted by Crippen LogP contribution is -1.84. The van der Waals surface area contributed by atoms with Crippen molar-refractivity contribution in [3.63, 3.8) is 0 Å². The molecule has 25 heavy (non-hydrogen) atoms. The molecule has 0 heterocycles. The predicted octanol–water partition coefficient (Wildman–Crippen LogP) is 5.01. The molecule has 4 heteroatoms. The van der Waals surface area contributed by atoms with Gasteiger partial charge in [-0.05, 0) is 49.1 Å². The number of allylic oxidation sites excluding steroid dienone is 2. The molecule has 0 aliphatic carbocycles. The molecule has 132 valence electrons. The van der Waals surface area contributed by atoms with Crippen LogP contribution in [0.2, 0.25) is 0 Å². The van der Waals surface area contributed by atoms with Gasteiger partial charge in [-0.25, -0.2) is 0 Å². The second-order valence-electron chi connectivity index (χ2n) is 5.59. The number of phenolic OH excluding ortho intramolecular Hbond substituents is 2. The van der Waals surface area contributed by atoms with Gasteiger partial charge in [0.15, 0.2) is 11.5 Å². The number of ether oxygens (including phenoxy) is 2. The predicted molar refractivity (Wildman–Crippen MR) is 101 cm³/mol. The molecule has 2 rings (SSSR count). The summed E-state index contributed by atoms with van der Waals surface area (Å²) in [6, 6.07) is 10.5. The van der Waals surface area contributed by atoms with Gasteiger partial charge in [0.25, 0.3) is 0 Å². The van der Waals surface area contributed by atoms with E-state index in [4.69, 9.17) is 9.47 Å². The SMILES string of the molecule is COc1ccc(/C=C/CCC/C=C/c2ccc(O)c(OC)c2)c(O)c1. The summed E-state index contributed by atoms with van der Waals surface area (Å²) in [5.41, 5.74) is 1.78. The molecule has 4 nitrogen and oxygen atoms in total. The molecule has 0 atom stereocenters. The number of phenols is 2. The summed E-state index contributed by atoms with van der Waals surface area (Å²) in [6.07, 6.45) is 11.0. The largest absolute Gasteiger partial charge is 0.507 e. The summed E-state index contributed by atoms with van der Waals surface area (Å²) in [7, 11) is 3.11. The zero-order valence-corrected chi connectivity index (χ0v) is 14.6. The van der Waals surface area contributed by atoms with Crippen LogP contribution in [0.1, 0.15) is 30.4 Å². The Balaban J connectivity index is 1.78. The third kappa shape index (κ3) is 5.60. The topological polar surface area (TPSA) is 58.9 Å². The third-order valence-electron chi connectivity index (χ3n) is 3.79. The van der Waals surface area contributed by atoms with Crippen molar-refractivity contribution < 1.29 is 19.7 Å². The lowest BCUT2D eigenvalue weighted by Gasteiger charge is -2.03. The Morgan fingerprint density at radius 1 is 0.840 bits per heavy atom. The van der Waals surface area contributed by atoms with E-state index < -0.39 is 0 Å². The molecule has 0 aliphatic heterocycles. The van der Waals surface area contributed by atoms with Crippen LogP contribution in [0.25, 0.3) is 12.2 Å². The van der Waals surface area contributed by atoms with Gasteiger partial charge in [0.1, 0.15) is 11.5 Å². The Hall–Kier alpha value is -2.88. The van der Waals surface area contributed by atoms with E-state index in [1.807, 2.05) is 30.4 Å². The monoisotopic (exact) mass is 340 g/mol. The summed E-state index contributed by atoms with van der Waals surface area (Å²) in [5, 5.41) is 19.4. The molecule has 0 unspecified atom stereocenters. The molecule has 0 saturated heterocycles. The summed E-state index contributed by atoms with van der Waals surface area (Å²) < 4.78 is 10.2. The minimum Gasteiger partial charge on any atom is -0.507 e. The highest BCUT2D eigenvalue weighted by Crippen LogP contribution is 2.27. The maximum atomic E-state index is 9.88. The number of aromatic hydroxyl groups is 2. The van der Waals surface area contributed by atoms with E-state index in [2.05, 4.69) is 12.2 Å². The van der Waals surface area contributed by atoms with Gasteiger partial charge in [0, 0.05) is 11.6 Å². The molecule has 0 spiro atoms. The smallest absolute Gasteiger partial charge is 0.161 e. The molecule has 0 radical (unpaired) electrons. The van der Waals surface area contributed by atoms with Gasteiger partial charge < -0.3 is 19.7 Å². The number of hydrogen-bond acceptors (Lipinski definition) is 4. The van der Waals surface area contributed by atoms with Crippen molar-refractivity contribution in [3.8, 4) is 23.0 Å². The molecule has 0 bridgehead atoms. The first-order chi connectivity index (χ1) is 12.1. The van der Waals surface area contributed by atoms with Crippen molar-refractivity contribution in [1.29, 1.82) is 0 Å². The van der Waals surface area contributed by atoms with E-state index in [0.717, 1.165) is 30.4 Å². The number of rotatable bonds is 8. The van der Waals surface area contributed by atoms with Gasteiger partial charge in [-0.1, -0.05) is 30.4 Å². The van der Waals surface area contributed by atoms with Crippen LogP contribution in [0, 0.1) is 0 Å². The van der Waals surface area contributed by atoms with Gasteiger partial charge in [0.2, 0.25) is 0 Å². The molecule has 2 aromatic rings. The lowest BCUT2D eigenvalue weighted by molar-refractivity contribution is 0.373. The van der Waals surface area contributed by atoms with Crippen LogP contribution in [-0.4, -0.2) is 24.4 Å². The molecule has 0 fully saturated rings. The maximum Gasteiger partial charge on any atom is 0.161 e. The normalized spacial score (nSPS) is 11.3. The van der Waals surface area contributed by atoms with Crippen LogP contribution in [0.4, 0.5) is 0 Å². The van der Waals surface area contributed by atoms with E-state index in [0.29, 0.717) is 11.5 Å². The van der Waals surface area contributed by atoms with E-state index in [-0.39, 0.29) is 11.5 Å². The zero-order chi connectivity index (χ0) is 18.1. The molecule has 0 aliphatic rings. The molecule has 0 saturated carbocycles. The molecular formula is C21H24O4. The van der Waals surface area contributed by atoms with Gasteiger partial charge >= 0.3 is 0 Å². The lowest BCUT2D eigenvalue weighted by atomic mass is 10.1. The van der Waals surface area contributed by atoms with Crippen LogP contribution in [0.3, 0.4) is 0 Å². The van der Waals surface area contributed by atoms with Crippen molar-refractivity contribution in [3.05, 3.63) is 59.7 Å². The zero-order valence-electron chi connectivity index (χ0n) is 14.6. The van der Waals surface area contributed by atoms with E-state index in [1.54, 1.807) is 25.3 Å². The minimum atomic E-state index is 0.145. The fourth-order valence-electron chi connectivity index (χ4n) is 2.37. The standard InChI is InChI=1S/C21H24O4/c1-24-18-12-11-17(20(23)15-18)9-7-5-3-4-6-8-16-10-13-19(22)21(14-16)25-2/h6-15,22-23H,3-5H2,1-2H3/b8-6+,9-7+. The second-order valence-corrected chi connectivity index (χ2v) is 5.59. The Bertz CT molecular complexity index is 748. The number of hydrogen-bond donors (Lipinski definition) is 2. The molecule has 2 aromatic carbocycles. The highest BCUT2D eigenvalue weighted by Gasteiger charge is 2.00. The first-order valence-corrected chi connectivity index (χ1v) is 8.21. The Morgan fingerprint density at radius 3 is 2.28 bits per heavy atom. The Labute approximate surface area is 148 Å². The van der Waals surface area contributed by atoms with Crippen LogP contribution >= 0.6 is 0 Å². The number of benzene rings is 2. The van der Waals surface area contributed by atoms with Gasteiger partial charge in [0.05, 0.1) is 14.2 Å². The average molecular weight is 340 g/mol. The van der Waals surface area contributed by atoms with Crippen molar-refractivity contribution in [2.75, 3.05) is 14.2 Å². The second kappa shape index (κ2) is 9.42. The molecule has 2 N–H and O–H groups in total. The van der Waals surface area contributed by atoms with Crippen molar-refractivity contribution >= 4 is 12.2 Å². The summed E-state index contributed by atoms with van der Waals surface area (Å²) >= 11 is 0. The van der Waals surface area contributed by atoms with Crippen molar-refractivity contribution in [2.24, 2.45) is 0 Å². The van der Waals surface area contributed by atoms with Gasteiger partial charge in [-0.15, -0.1) is 0 Å². The van der Waals surface area contributed by atoms with E-state index in [1.165, 1.54) is 7.11 Å². The fourth-order valence-corrected chi connectivity index (χ4v) is 2.37. The molecule has 0 amide bonds. The minimum absolute atomic E-state index is 0.145. The summed E-state index contributed by atoms with van der Waals surface area (Å²) in [5.74, 6) is 1.48. The highest BCUT2D eigenvalue weighted by molar-refractivity contribution is 5.58. The number of unbranched alkanes of at least 4 members (excludes halogenated alkanes) is 2. The fraction of sp³-hybridized carbons (Fsp3) is 0.238. The van der Waals surface area contributed by atoms with Crippen LogP contribution in [-0.2, 0) is 0 Å². The number of methoxy groups -OCH3 is 2. The Kier molecular flexibility index (Phi) is 6.96. The van der Waals surface area contributed by atoms with Crippen LogP contribution < -0.4 is 9.47 Å². The molecule has 0 aromatic heterocycles. The van der Waals surface area contributed by atoms with Crippen LogP contribution in [0.15, 0.2) is 48.6 Å². The quantitative estimate of drug-likeness (QED) is 0.663. The first kappa shape index (κ1) is 18.5. The van der Waals surface area contributed by atoms with E-state index >= 15 is 0 Å². The van der Waals surface area contributed by atoms with Crippen LogP contribution in [0.5, 0.6) is 23.0 Å². The highest BCUT2D eigenvalue weighted by atomic mass is 16.5. The van der Waals surface area contributed by atoms with Gasteiger partial charge in [-0.3, -0.25) is 0 Å². The third-order valence-corrected chi connectivity index (χ3v) is 3.79.